The highest BCUT2D eigenvalue weighted by Crippen LogP contribution is 2.18. The number of furan rings is 1. The average Bonchev–Trinajstić information content (AvgIpc) is 3.25. The van der Waals surface area contributed by atoms with Gasteiger partial charge in [0.2, 0.25) is 10.0 Å². The number of Topliss-reactive ketones (excluding diaryl/α,β-unsaturated/α-hetero) is 1. The fourth-order valence-electron chi connectivity index (χ4n) is 2.55. The van der Waals surface area contributed by atoms with Gasteiger partial charge in [0.15, 0.2) is 12.4 Å². The molecule has 2 heterocycles. The third-order valence-corrected chi connectivity index (χ3v) is 5.97. The Morgan fingerprint density at radius 1 is 1.11 bits per heavy atom. The van der Waals surface area contributed by atoms with E-state index in [1.807, 2.05) is 0 Å². The van der Waals surface area contributed by atoms with E-state index in [0.717, 1.165) is 6.08 Å². The number of rotatable bonds is 7. The van der Waals surface area contributed by atoms with Crippen LogP contribution >= 0.6 is 0 Å². The van der Waals surface area contributed by atoms with Gasteiger partial charge in [-0.05, 0) is 42.5 Å². The molecule has 0 N–H and O–H groups in total. The number of hydrogen-bond acceptors (Lipinski definition) is 7. The van der Waals surface area contributed by atoms with Crippen LogP contribution in [0.25, 0.3) is 6.08 Å². The fourth-order valence-corrected chi connectivity index (χ4v) is 3.96. The smallest absolute Gasteiger partial charge is 0.331 e. The molecule has 0 bridgehead atoms. The Morgan fingerprint density at radius 3 is 2.46 bits per heavy atom. The Hall–Kier alpha value is -2.75. The summed E-state index contributed by atoms with van der Waals surface area (Å²) in [5, 5.41) is 0. The molecule has 1 aliphatic rings. The molecule has 148 valence electrons. The van der Waals surface area contributed by atoms with Crippen LogP contribution in [-0.2, 0) is 24.3 Å². The molecule has 9 heteroatoms. The minimum absolute atomic E-state index is 0.101. The highest BCUT2D eigenvalue weighted by molar-refractivity contribution is 7.89. The Bertz CT molecular complexity index is 941. The second-order valence-electron chi connectivity index (χ2n) is 5.92. The molecule has 28 heavy (non-hydrogen) atoms. The molecule has 1 aromatic carbocycles. The van der Waals surface area contributed by atoms with Crippen LogP contribution in [0.15, 0.2) is 58.1 Å². The zero-order chi connectivity index (χ0) is 20.0. The van der Waals surface area contributed by atoms with Crippen LogP contribution in [0.5, 0.6) is 0 Å². The van der Waals surface area contributed by atoms with Gasteiger partial charge in [0.1, 0.15) is 5.76 Å². The lowest BCUT2D eigenvalue weighted by atomic mass is 10.1. The molecule has 1 saturated heterocycles. The number of carbonyl (C=O) groups excluding carboxylic acids is 2. The predicted octanol–water partition coefficient (Wildman–Crippen LogP) is 1.74. The van der Waals surface area contributed by atoms with Crippen molar-refractivity contribution >= 4 is 27.9 Å². The summed E-state index contributed by atoms with van der Waals surface area (Å²) in [6, 6.07) is 8.90. The van der Waals surface area contributed by atoms with E-state index in [2.05, 4.69) is 0 Å². The van der Waals surface area contributed by atoms with Crippen molar-refractivity contribution in [1.29, 1.82) is 0 Å². The summed E-state index contributed by atoms with van der Waals surface area (Å²) >= 11 is 0. The first kappa shape index (κ1) is 20.0. The van der Waals surface area contributed by atoms with E-state index in [1.54, 1.807) is 12.1 Å². The van der Waals surface area contributed by atoms with E-state index >= 15 is 0 Å². The maximum absolute atomic E-state index is 12.6. The molecule has 0 radical (unpaired) electrons. The van der Waals surface area contributed by atoms with Crippen LogP contribution in [0.1, 0.15) is 16.1 Å². The van der Waals surface area contributed by atoms with Crippen LogP contribution in [0.4, 0.5) is 0 Å². The molecular formula is C19H19NO7S. The molecule has 1 aromatic heterocycles. The first-order valence-electron chi connectivity index (χ1n) is 8.56. The zero-order valence-corrected chi connectivity index (χ0v) is 15.8. The summed E-state index contributed by atoms with van der Waals surface area (Å²) in [5.74, 6) is -0.633. The normalized spacial score (nSPS) is 15.6. The molecule has 0 spiro atoms. The van der Waals surface area contributed by atoms with Gasteiger partial charge >= 0.3 is 5.97 Å². The number of esters is 1. The monoisotopic (exact) mass is 405 g/mol. The second kappa shape index (κ2) is 8.96. The Kier molecular flexibility index (Phi) is 6.40. The van der Waals surface area contributed by atoms with Crippen molar-refractivity contribution in [2.75, 3.05) is 32.9 Å². The molecule has 0 atom stereocenters. The molecule has 0 saturated carbocycles. The standard InChI is InChI=1S/C19H19NO7S/c21-18(14-27-19(22)8-5-16-2-1-11-26-16)15-3-6-17(7-4-15)28(23,24)20-9-12-25-13-10-20/h1-8,11H,9-10,12-14H2/b8-5+. The predicted molar refractivity (Wildman–Crippen MR) is 99.1 cm³/mol. The van der Waals surface area contributed by atoms with Gasteiger partial charge in [0.05, 0.1) is 24.4 Å². The Morgan fingerprint density at radius 2 is 1.82 bits per heavy atom. The molecule has 3 rings (SSSR count). The summed E-state index contributed by atoms with van der Waals surface area (Å²) < 4.78 is 41.6. The van der Waals surface area contributed by atoms with Gasteiger partial charge in [-0.3, -0.25) is 4.79 Å². The minimum atomic E-state index is -3.62. The topological polar surface area (TPSA) is 103 Å². The minimum Gasteiger partial charge on any atom is -0.465 e. The fraction of sp³-hybridized carbons (Fsp3) is 0.263. The third-order valence-electron chi connectivity index (χ3n) is 4.06. The van der Waals surface area contributed by atoms with E-state index in [4.69, 9.17) is 13.9 Å². The number of ketones is 1. The third kappa shape index (κ3) is 4.94. The van der Waals surface area contributed by atoms with Gasteiger partial charge in [0, 0.05) is 24.7 Å². The Balaban J connectivity index is 1.56. The van der Waals surface area contributed by atoms with Crippen molar-refractivity contribution in [1.82, 2.24) is 4.31 Å². The van der Waals surface area contributed by atoms with E-state index < -0.39 is 28.4 Å². The van der Waals surface area contributed by atoms with Crippen molar-refractivity contribution in [2.24, 2.45) is 0 Å². The largest absolute Gasteiger partial charge is 0.465 e. The molecular weight excluding hydrogens is 386 g/mol. The van der Waals surface area contributed by atoms with Crippen molar-refractivity contribution in [3.63, 3.8) is 0 Å². The van der Waals surface area contributed by atoms with Gasteiger partial charge in [-0.1, -0.05) is 0 Å². The maximum atomic E-state index is 12.6. The molecule has 1 aliphatic heterocycles. The van der Waals surface area contributed by atoms with Crippen molar-refractivity contribution < 1.29 is 31.9 Å². The number of nitrogens with zero attached hydrogens (tertiary/aromatic N) is 1. The molecule has 0 unspecified atom stereocenters. The second-order valence-corrected chi connectivity index (χ2v) is 7.86. The van der Waals surface area contributed by atoms with Gasteiger partial charge in [-0.2, -0.15) is 4.31 Å². The van der Waals surface area contributed by atoms with Crippen LogP contribution in [0.3, 0.4) is 0 Å². The van der Waals surface area contributed by atoms with Crippen LogP contribution in [0, 0.1) is 0 Å². The van der Waals surface area contributed by atoms with Gasteiger partial charge in [-0.25, -0.2) is 13.2 Å². The number of benzene rings is 1. The van der Waals surface area contributed by atoms with Crippen molar-refractivity contribution in [3.8, 4) is 0 Å². The van der Waals surface area contributed by atoms with Crippen LogP contribution in [0.2, 0.25) is 0 Å². The van der Waals surface area contributed by atoms with Gasteiger partial charge in [-0.15, -0.1) is 0 Å². The van der Waals surface area contributed by atoms with E-state index in [-0.39, 0.29) is 10.5 Å². The van der Waals surface area contributed by atoms with Gasteiger partial charge < -0.3 is 13.9 Å². The van der Waals surface area contributed by atoms with Crippen LogP contribution < -0.4 is 0 Å². The SMILES string of the molecule is O=C(/C=C/c1ccco1)OCC(=O)c1ccc(S(=O)(=O)N2CCOCC2)cc1. The first-order chi connectivity index (χ1) is 13.5. The molecule has 0 aliphatic carbocycles. The lowest BCUT2D eigenvalue weighted by Crippen LogP contribution is -2.40. The summed E-state index contributed by atoms with van der Waals surface area (Å²) in [5.41, 5.74) is 0.253. The molecule has 8 nitrogen and oxygen atoms in total. The number of carbonyl (C=O) groups is 2. The van der Waals surface area contributed by atoms with Crippen LogP contribution in [-0.4, -0.2) is 57.4 Å². The Labute approximate surface area is 162 Å². The maximum Gasteiger partial charge on any atom is 0.331 e. The highest BCUT2D eigenvalue weighted by Gasteiger charge is 2.26. The molecule has 1 fully saturated rings. The summed E-state index contributed by atoms with van der Waals surface area (Å²) in [4.78, 5) is 23.9. The van der Waals surface area contributed by atoms with E-state index in [1.165, 1.54) is 40.9 Å². The molecule has 2 aromatic rings. The van der Waals surface area contributed by atoms with E-state index in [9.17, 15) is 18.0 Å². The lowest BCUT2D eigenvalue weighted by Gasteiger charge is -2.26. The summed E-state index contributed by atoms with van der Waals surface area (Å²) in [7, 11) is -3.62. The van der Waals surface area contributed by atoms with Gasteiger partial charge in [0.25, 0.3) is 0 Å². The first-order valence-corrected chi connectivity index (χ1v) is 10.0. The van der Waals surface area contributed by atoms with Crippen molar-refractivity contribution in [2.45, 2.75) is 4.90 Å². The quantitative estimate of drug-likeness (QED) is 0.393. The van der Waals surface area contributed by atoms with Crippen molar-refractivity contribution in [3.05, 3.63) is 60.1 Å². The zero-order valence-electron chi connectivity index (χ0n) is 14.9. The lowest BCUT2D eigenvalue weighted by molar-refractivity contribution is -0.136. The number of hydrogen-bond donors (Lipinski definition) is 0. The number of sulfonamides is 1. The number of ether oxygens (including phenoxy) is 2. The summed E-state index contributed by atoms with van der Waals surface area (Å²) in [6.07, 6.45) is 4.06. The molecule has 0 amide bonds. The number of morpholine rings is 1. The summed E-state index contributed by atoms with van der Waals surface area (Å²) in [6.45, 7) is 0.858. The highest BCUT2D eigenvalue weighted by atomic mass is 32.2. The average molecular weight is 405 g/mol. The van der Waals surface area contributed by atoms with E-state index in [0.29, 0.717) is 32.1 Å².